The van der Waals surface area contributed by atoms with Crippen LogP contribution in [-0.4, -0.2) is 35.7 Å². The molecule has 21 heavy (non-hydrogen) atoms. The second-order valence-electron chi connectivity index (χ2n) is 6.73. The number of benzene rings is 1. The van der Waals surface area contributed by atoms with Crippen molar-refractivity contribution in [1.82, 2.24) is 4.90 Å². The minimum Gasteiger partial charge on any atom is -0.444 e. The van der Waals surface area contributed by atoms with Gasteiger partial charge in [0.2, 0.25) is 0 Å². The Balaban J connectivity index is 2.02. The first-order chi connectivity index (χ1) is 9.87. The van der Waals surface area contributed by atoms with E-state index in [1.165, 1.54) is 5.56 Å². The van der Waals surface area contributed by atoms with Crippen LogP contribution in [0, 0.1) is 0 Å². The zero-order valence-electron chi connectivity index (χ0n) is 13.2. The van der Waals surface area contributed by atoms with Crippen LogP contribution in [0.5, 0.6) is 0 Å². The van der Waals surface area contributed by atoms with Crippen LogP contribution in [0.1, 0.15) is 45.1 Å². The highest BCUT2D eigenvalue weighted by Gasteiger charge is 2.29. The summed E-state index contributed by atoms with van der Waals surface area (Å²) < 4.78 is 5.46. The highest BCUT2D eigenvalue weighted by Crippen LogP contribution is 2.27. The summed E-state index contributed by atoms with van der Waals surface area (Å²) in [5, 5.41) is 0. The van der Waals surface area contributed by atoms with Crippen molar-refractivity contribution >= 4 is 6.09 Å². The molecule has 4 heteroatoms. The average molecular weight is 290 g/mol. The van der Waals surface area contributed by atoms with Crippen molar-refractivity contribution in [3.05, 3.63) is 35.9 Å². The minimum absolute atomic E-state index is 0.0832. The van der Waals surface area contributed by atoms with Gasteiger partial charge in [-0.1, -0.05) is 30.3 Å². The molecule has 4 nitrogen and oxygen atoms in total. The van der Waals surface area contributed by atoms with Gasteiger partial charge >= 0.3 is 6.09 Å². The largest absolute Gasteiger partial charge is 0.444 e. The maximum absolute atomic E-state index is 12.2. The number of nitrogens with two attached hydrogens (primary N) is 1. The fraction of sp³-hybridized carbons (Fsp3) is 0.588. The predicted octanol–water partition coefficient (Wildman–Crippen LogP) is 3.13. The summed E-state index contributed by atoms with van der Waals surface area (Å²) in [6.45, 7) is 7.03. The summed E-state index contributed by atoms with van der Waals surface area (Å²) in [7, 11) is 0. The van der Waals surface area contributed by atoms with Crippen LogP contribution in [0.3, 0.4) is 0 Å². The Kier molecular flexibility index (Phi) is 4.88. The van der Waals surface area contributed by atoms with Crippen LogP contribution in [0.2, 0.25) is 0 Å². The number of hydrogen-bond acceptors (Lipinski definition) is 3. The van der Waals surface area contributed by atoms with E-state index in [0.717, 1.165) is 12.8 Å². The Hall–Kier alpha value is -1.55. The Bertz CT molecular complexity index is 467. The molecule has 116 valence electrons. The van der Waals surface area contributed by atoms with Gasteiger partial charge in [-0.25, -0.2) is 4.79 Å². The van der Waals surface area contributed by atoms with Gasteiger partial charge in [-0.05, 0) is 39.2 Å². The maximum atomic E-state index is 12.2. The van der Waals surface area contributed by atoms with E-state index in [4.69, 9.17) is 10.5 Å². The molecule has 1 aliphatic heterocycles. The first-order valence-corrected chi connectivity index (χ1v) is 7.65. The summed E-state index contributed by atoms with van der Waals surface area (Å²) in [5.74, 6) is 0.304. The van der Waals surface area contributed by atoms with Crippen molar-refractivity contribution in [3.8, 4) is 0 Å². The zero-order chi connectivity index (χ0) is 15.5. The van der Waals surface area contributed by atoms with Gasteiger partial charge in [0.1, 0.15) is 5.60 Å². The van der Waals surface area contributed by atoms with Gasteiger partial charge in [-0.15, -0.1) is 0 Å². The van der Waals surface area contributed by atoms with Crippen LogP contribution in [-0.2, 0) is 4.74 Å². The van der Waals surface area contributed by atoms with Crippen molar-refractivity contribution in [2.24, 2.45) is 5.73 Å². The molecule has 2 rings (SSSR count). The molecule has 0 unspecified atom stereocenters. The van der Waals surface area contributed by atoms with Gasteiger partial charge in [0, 0.05) is 25.0 Å². The third-order valence-corrected chi connectivity index (χ3v) is 3.84. The average Bonchev–Trinajstić information content (AvgIpc) is 2.60. The number of ether oxygens (including phenoxy) is 1. The van der Waals surface area contributed by atoms with Crippen LogP contribution < -0.4 is 5.73 Å². The fourth-order valence-corrected chi connectivity index (χ4v) is 2.75. The molecule has 2 N–H and O–H groups in total. The molecular weight excluding hydrogens is 264 g/mol. The van der Waals surface area contributed by atoms with E-state index in [2.05, 4.69) is 12.1 Å². The Labute approximate surface area is 127 Å². The second-order valence-corrected chi connectivity index (χ2v) is 6.73. The molecule has 1 fully saturated rings. The molecule has 1 aromatic carbocycles. The van der Waals surface area contributed by atoms with E-state index in [9.17, 15) is 4.79 Å². The number of amides is 1. The van der Waals surface area contributed by atoms with Gasteiger partial charge < -0.3 is 15.4 Å². The van der Waals surface area contributed by atoms with Crippen LogP contribution in [0.15, 0.2) is 30.3 Å². The summed E-state index contributed by atoms with van der Waals surface area (Å²) in [6, 6.07) is 10.4. The molecule has 1 aliphatic rings. The van der Waals surface area contributed by atoms with Gasteiger partial charge in [0.05, 0.1) is 0 Å². The van der Waals surface area contributed by atoms with Crippen molar-refractivity contribution in [2.45, 2.75) is 51.2 Å². The normalized spacial score (nSPS) is 23.5. The molecular formula is C17H26N2O2. The van der Waals surface area contributed by atoms with Crippen LogP contribution >= 0.6 is 0 Å². The molecule has 1 aromatic rings. The van der Waals surface area contributed by atoms with Gasteiger partial charge in [-0.3, -0.25) is 0 Å². The number of nitrogens with zero attached hydrogens (tertiary/aromatic N) is 1. The van der Waals surface area contributed by atoms with Crippen LogP contribution in [0.25, 0.3) is 0 Å². The smallest absolute Gasteiger partial charge is 0.410 e. The summed E-state index contributed by atoms with van der Waals surface area (Å²) in [4.78, 5) is 14.0. The maximum Gasteiger partial charge on any atom is 0.410 e. The van der Waals surface area contributed by atoms with E-state index in [-0.39, 0.29) is 12.1 Å². The number of hydrogen-bond donors (Lipinski definition) is 1. The summed E-state index contributed by atoms with van der Waals surface area (Å²) >= 11 is 0. The van der Waals surface area contributed by atoms with Gasteiger partial charge in [-0.2, -0.15) is 0 Å². The van der Waals surface area contributed by atoms with E-state index in [1.54, 1.807) is 4.90 Å². The predicted molar refractivity (Wildman–Crippen MR) is 84.2 cm³/mol. The molecule has 1 saturated heterocycles. The highest BCUT2D eigenvalue weighted by molar-refractivity contribution is 5.68. The van der Waals surface area contributed by atoms with Crippen molar-refractivity contribution in [3.63, 3.8) is 0 Å². The minimum atomic E-state index is -0.454. The second kappa shape index (κ2) is 6.48. The lowest BCUT2D eigenvalue weighted by Crippen LogP contribution is -2.37. The summed E-state index contributed by atoms with van der Waals surface area (Å²) in [6.07, 6.45) is 1.45. The lowest BCUT2D eigenvalue weighted by atomic mass is 9.88. The molecule has 0 aliphatic carbocycles. The van der Waals surface area contributed by atoms with E-state index < -0.39 is 5.60 Å². The highest BCUT2D eigenvalue weighted by atomic mass is 16.6. The SMILES string of the molecule is CC(C)(C)OC(=O)N1CC[C@@H](N)[C@H](c2ccccc2)CC1. The Morgan fingerprint density at radius 3 is 2.43 bits per heavy atom. The van der Waals surface area contributed by atoms with Crippen molar-refractivity contribution in [1.29, 1.82) is 0 Å². The molecule has 1 amide bonds. The number of carbonyl (C=O) groups is 1. The van der Waals surface area contributed by atoms with E-state index >= 15 is 0 Å². The van der Waals surface area contributed by atoms with E-state index in [1.807, 2.05) is 39.0 Å². The molecule has 0 spiro atoms. The lowest BCUT2D eigenvalue weighted by molar-refractivity contribution is 0.0256. The third-order valence-electron chi connectivity index (χ3n) is 3.84. The first kappa shape index (κ1) is 15.8. The molecule has 0 saturated carbocycles. The third kappa shape index (κ3) is 4.46. The zero-order valence-corrected chi connectivity index (χ0v) is 13.2. The fourth-order valence-electron chi connectivity index (χ4n) is 2.75. The monoisotopic (exact) mass is 290 g/mol. The molecule has 0 radical (unpaired) electrons. The molecule has 0 bridgehead atoms. The van der Waals surface area contributed by atoms with Gasteiger partial charge in [0.25, 0.3) is 0 Å². The van der Waals surface area contributed by atoms with E-state index in [0.29, 0.717) is 19.0 Å². The van der Waals surface area contributed by atoms with Gasteiger partial charge in [0.15, 0.2) is 0 Å². The number of likely N-dealkylation sites (tertiary alicyclic amines) is 1. The number of carbonyl (C=O) groups excluding carboxylic acids is 1. The molecule has 1 heterocycles. The first-order valence-electron chi connectivity index (χ1n) is 7.65. The standard InChI is InChI=1S/C17H26N2O2/c1-17(2,3)21-16(20)19-11-9-14(15(18)10-12-19)13-7-5-4-6-8-13/h4-8,14-15H,9-12,18H2,1-3H3/t14-,15+/m0/s1. The van der Waals surface area contributed by atoms with Crippen molar-refractivity contribution < 1.29 is 9.53 Å². The Morgan fingerprint density at radius 2 is 1.81 bits per heavy atom. The number of rotatable bonds is 1. The molecule has 0 aromatic heterocycles. The lowest BCUT2D eigenvalue weighted by Gasteiger charge is -2.26. The van der Waals surface area contributed by atoms with Crippen molar-refractivity contribution in [2.75, 3.05) is 13.1 Å². The Morgan fingerprint density at radius 1 is 1.19 bits per heavy atom. The molecule has 2 atom stereocenters. The van der Waals surface area contributed by atoms with Crippen LogP contribution in [0.4, 0.5) is 4.79 Å². The quantitative estimate of drug-likeness (QED) is 0.864. The summed E-state index contributed by atoms with van der Waals surface area (Å²) in [5.41, 5.74) is 7.13. The topological polar surface area (TPSA) is 55.6 Å².